The van der Waals surface area contributed by atoms with E-state index in [2.05, 4.69) is 5.32 Å². The molecule has 0 spiro atoms. The minimum absolute atomic E-state index is 0.0827. The van der Waals surface area contributed by atoms with Gasteiger partial charge >= 0.3 is 0 Å². The number of carbonyl (C=O) groups excluding carboxylic acids is 2. The number of rotatable bonds is 9. The summed E-state index contributed by atoms with van der Waals surface area (Å²) in [5.41, 5.74) is 3.19. The van der Waals surface area contributed by atoms with E-state index < -0.39 is 28.5 Å². The van der Waals surface area contributed by atoms with E-state index in [0.717, 1.165) is 27.3 Å². The summed E-state index contributed by atoms with van der Waals surface area (Å²) in [4.78, 5) is 27.6. The summed E-state index contributed by atoms with van der Waals surface area (Å²) in [7, 11) is -3.72. The first kappa shape index (κ1) is 25.4. The summed E-state index contributed by atoms with van der Waals surface area (Å²) in [6, 6.07) is 13.8. The number of hydrogen-bond donors (Lipinski definition) is 1. The maximum absolute atomic E-state index is 13.4. The monoisotopic (exact) mass is 459 g/mol. The van der Waals surface area contributed by atoms with Crippen LogP contribution in [0.25, 0.3) is 0 Å². The molecule has 0 heterocycles. The highest BCUT2D eigenvalue weighted by molar-refractivity contribution is 7.92. The van der Waals surface area contributed by atoms with Crippen LogP contribution in [0.4, 0.5) is 5.69 Å². The molecule has 0 bridgehead atoms. The van der Waals surface area contributed by atoms with Crippen LogP contribution in [-0.2, 0) is 26.2 Å². The Bertz CT molecular complexity index is 1070. The fourth-order valence-corrected chi connectivity index (χ4v) is 4.23. The average molecular weight is 460 g/mol. The number of anilines is 1. The van der Waals surface area contributed by atoms with Crippen molar-refractivity contribution in [3.05, 3.63) is 65.2 Å². The van der Waals surface area contributed by atoms with E-state index in [9.17, 15) is 18.0 Å². The van der Waals surface area contributed by atoms with Gasteiger partial charge < -0.3 is 10.2 Å². The van der Waals surface area contributed by atoms with Crippen molar-refractivity contribution in [3.63, 3.8) is 0 Å². The normalized spacial score (nSPS) is 12.3. The predicted molar refractivity (Wildman–Crippen MR) is 128 cm³/mol. The smallest absolute Gasteiger partial charge is 0.244 e. The quantitative estimate of drug-likeness (QED) is 0.625. The summed E-state index contributed by atoms with van der Waals surface area (Å²) in [5, 5.41) is 2.83. The Morgan fingerprint density at radius 3 is 2.09 bits per heavy atom. The second kappa shape index (κ2) is 10.6. The molecule has 2 rings (SSSR count). The molecule has 0 radical (unpaired) electrons. The maximum atomic E-state index is 13.4. The molecule has 1 unspecified atom stereocenters. The number of aryl methyl sites for hydroxylation is 2. The summed E-state index contributed by atoms with van der Waals surface area (Å²) in [5.74, 6) is -0.743. The molecule has 0 aliphatic heterocycles. The number of nitrogens with zero attached hydrogens (tertiary/aromatic N) is 2. The fraction of sp³-hybridized carbons (Fsp3) is 0.417. The van der Waals surface area contributed by atoms with Gasteiger partial charge in [0.05, 0.1) is 11.9 Å². The van der Waals surface area contributed by atoms with Crippen molar-refractivity contribution in [2.24, 2.45) is 0 Å². The molecule has 0 saturated heterocycles. The van der Waals surface area contributed by atoms with Gasteiger partial charge in [-0.25, -0.2) is 8.42 Å². The summed E-state index contributed by atoms with van der Waals surface area (Å²) in [6.07, 6.45) is 1.07. The molecule has 8 heteroatoms. The molecule has 0 saturated carbocycles. The van der Waals surface area contributed by atoms with Crippen LogP contribution in [0.1, 0.15) is 37.5 Å². The van der Waals surface area contributed by atoms with E-state index in [1.807, 2.05) is 58.0 Å². The lowest BCUT2D eigenvalue weighted by Gasteiger charge is -2.32. The van der Waals surface area contributed by atoms with E-state index in [0.29, 0.717) is 5.69 Å². The predicted octanol–water partition coefficient (Wildman–Crippen LogP) is 3.01. The van der Waals surface area contributed by atoms with Crippen LogP contribution in [0.15, 0.2) is 48.5 Å². The number of benzene rings is 2. The molecule has 0 fully saturated rings. The Morgan fingerprint density at radius 1 is 0.969 bits per heavy atom. The third-order valence-corrected chi connectivity index (χ3v) is 6.14. The van der Waals surface area contributed by atoms with Crippen LogP contribution in [0.2, 0.25) is 0 Å². The molecule has 0 aromatic heterocycles. The maximum Gasteiger partial charge on any atom is 0.244 e. The van der Waals surface area contributed by atoms with E-state index in [4.69, 9.17) is 0 Å². The van der Waals surface area contributed by atoms with Crippen molar-refractivity contribution < 1.29 is 18.0 Å². The average Bonchev–Trinajstić information content (AvgIpc) is 2.68. The van der Waals surface area contributed by atoms with E-state index in [1.54, 1.807) is 25.1 Å². The first-order chi connectivity index (χ1) is 14.9. The number of hydrogen-bond acceptors (Lipinski definition) is 4. The largest absolute Gasteiger partial charge is 0.352 e. The van der Waals surface area contributed by atoms with Gasteiger partial charge in [0, 0.05) is 12.6 Å². The highest BCUT2D eigenvalue weighted by Crippen LogP contribution is 2.20. The minimum atomic E-state index is -3.72. The van der Waals surface area contributed by atoms with Crippen molar-refractivity contribution in [1.82, 2.24) is 10.2 Å². The zero-order valence-corrected chi connectivity index (χ0v) is 20.4. The zero-order valence-electron chi connectivity index (χ0n) is 19.6. The molecule has 2 amide bonds. The van der Waals surface area contributed by atoms with Crippen molar-refractivity contribution in [3.8, 4) is 0 Å². The fourth-order valence-electron chi connectivity index (χ4n) is 3.39. The van der Waals surface area contributed by atoms with Crippen molar-refractivity contribution in [2.75, 3.05) is 17.1 Å². The van der Waals surface area contributed by atoms with Gasteiger partial charge in [-0.2, -0.15) is 0 Å². The highest BCUT2D eigenvalue weighted by Gasteiger charge is 2.30. The molecule has 174 valence electrons. The Kier molecular flexibility index (Phi) is 8.44. The second-order valence-electron chi connectivity index (χ2n) is 8.46. The van der Waals surface area contributed by atoms with Crippen LogP contribution >= 0.6 is 0 Å². The van der Waals surface area contributed by atoms with E-state index in [-0.39, 0.29) is 18.5 Å². The lowest BCUT2D eigenvalue weighted by Crippen LogP contribution is -2.52. The Balaban J connectivity index is 2.39. The highest BCUT2D eigenvalue weighted by atomic mass is 32.2. The number of amides is 2. The van der Waals surface area contributed by atoms with Gasteiger partial charge in [0.1, 0.15) is 12.6 Å². The molecule has 32 heavy (non-hydrogen) atoms. The minimum Gasteiger partial charge on any atom is -0.352 e. The third-order valence-electron chi connectivity index (χ3n) is 5.00. The van der Waals surface area contributed by atoms with Gasteiger partial charge in [0.25, 0.3) is 0 Å². The van der Waals surface area contributed by atoms with Crippen molar-refractivity contribution >= 4 is 27.5 Å². The summed E-state index contributed by atoms with van der Waals surface area (Å²) >= 11 is 0. The molecule has 1 atom stereocenters. The molecule has 0 aliphatic carbocycles. The van der Waals surface area contributed by atoms with Gasteiger partial charge in [-0.1, -0.05) is 42.0 Å². The van der Waals surface area contributed by atoms with Gasteiger partial charge in [0.15, 0.2) is 0 Å². The summed E-state index contributed by atoms with van der Waals surface area (Å²) < 4.78 is 26.1. The van der Waals surface area contributed by atoms with Crippen LogP contribution in [-0.4, -0.2) is 50.0 Å². The Labute approximate surface area is 191 Å². The topological polar surface area (TPSA) is 86.8 Å². The van der Waals surface area contributed by atoms with Gasteiger partial charge in [-0.05, 0) is 57.9 Å². The number of carbonyl (C=O) groups is 2. The Morgan fingerprint density at radius 2 is 1.56 bits per heavy atom. The van der Waals surface area contributed by atoms with E-state index >= 15 is 0 Å². The second-order valence-corrected chi connectivity index (χ2v) is 10.4. The molecule has 0 aliphatic rings. The molecule has 1 N–H and O–H groups in total. The Hall–Kier alpha value is -2.87. The summed E-state index contributed by atoms with van der Waals surface area (Å²) in [6.45, 7) is 8.96. The molecule has 7 nitrogen and oxygen atoms in total. The van der Waals surface area contributed by atoms with E-state index in [1.165, 1.54) is 4.90 Å². The first-order valence-corrected chi connectivity index (χ1v) is 12.4. The lowest BCUT2D eigenvalue weighted by atomic mass is 10.1. The molecular formula is C24H33N3O4S. The number of sulfonamides is 1. The van der Waals surface area contributed by atoms with Crippen molar-refractivity contribution in [2.45, 2.75) is 53.2 Å². The zero-order chi connectivity index (χ0) is 24.1. The van der Waals surface area contributed by atoms with Gasteiger partial charge in [-0.3, -0.25) is 13.9 Å². The lowest BCUT2D eigenvalue weighted by molar-refractivity contribution is -0.139. The van der Waals surface area contributed by atoms with Crippen LogP contribution in [0, 0.1) is 13.8 Å². The standard InChI is InChI=1S/C24H33N3O4S/c1-17(2)25-24(29)20(5)26(15-21-11-7-9-18(3)13-21)23(28)16-27(32(6,30)31)22-12-8-10-19(4)14-22/h7-14,17,20H,15-16H2,1-6H3,(H,25,29). The van der Waals surface area contributed by atoms with Crippen LogP contribution in [0.3, 0.4) is 0 Å². The van der Waals surface area contributed by atoms with Crippen molar-refractivity contribution in [1.29, 1.82) is 0 Å². The van der Waals surface area contributed by atoms with Gasteiger partial charge in [-0.15, -0.1) is 0 Å². The van der Waals surface area contributed by atoms with Crippen LogP contribution in [0.5, 0.6) is 0 Å². The molecular weight excluding hydrogens is 426 g/mol. The first-order valence-electron chi connectivity index (χ1n) is 10.6. The van der Waals surface area contributed by atoms with Gasteiger partial charge in [0.2, 0.25) is 21.8 Å². The molecule has 2 aromatic carbocycles. The third kappa shape index (κ3) is 7.09. The molecule has 2 aromatic rings. The SMILES string of the molecule is Cc1cccc(CN(C(=O)CN(c2cccc(C)c2)S(C)(=O)=O)C(C)C(=O)NC(C)C)c1. The van der Waals surface area contributed by atoms with Crippen LogP contribution < -0.4 is 9.62 Å². The number of nitrogens with one attached hydrogen (secondary N) is 1.